The zero-order valence-corrected chi connectivity index (χ0v) is 14.2. The zero-order chi connectivity index (χ0) is 16.8. The van der Waals surface area contributed by atoms with Gasteiger partial charge in [0, 0.05) is 37.9 Å². The highest BCUT2D eigenvalue weighted by Crippen LogP contribution is 2.12. The Morgan fingerprint density at radius 2 is 1.75 bits per heavy atom. The van der Waals surface area contributed by atoms with Crippen LogP contribution in [0.1, 0.15) is 0 Å². The normalized spacial score (nSPS) is 14.2. The number of hydrogen-bond donors (Lipinski definition) is 2. The quantitative estimate of drug-likeness (QED) is 0.809. The van der Waals surface area contributed by atoms with E-state index < -0.39 is 17.5 Å². The summed E-state index contributed by atoms with van der Waals surface area (Å²) in [6, 6.07) is 2.80. The lowest BCUT2D eigenvalue weighted by Crippen LogP contribution is -2.49. The molecule has 24 heavy (non-hydrogen) atoms. The van der Waals surface area contributed by atoms with Crippen molar-refractivity contribution in [2.75, 3.05) is 51.6 Å². The maximum absolute atomic E-state index is 13.1. The Morgan fingerprint density at radius 3 is 2.33 bits per heavy atom. The van der Waals surface area contributed by atoms with Crippen molar-refractivity contribution in [1.29, 1.82) is 0 Å². The molecule has 1 aromatic carbocycles. The first kappa shape index (κ1) is 20.3. The zero-order valence-electron chi connectivity index (χ0n) is 13.3. The summed E-state index contributed by atoms with van der Waals surface area (Å²) in [6.07, 6.45) is 0. The van der Waals surface area contributed by atoms with Gasteiger partial charge < -0.3 is 15.5 Å². The van der Waals surface area contributed by atoms with Crippen LogP contribution in [0.25, 0.3) is 0 Å². The van der Waals surface area contributed by atoms with E-state index in [4.69, 9.17) is 0 Å². The predicted molar refractivity (Wildman–Crippen MR) is 89.2 cm³/mol. The van der Waals surface area contributed by atoms with E-state index in [1.54, 1.807) is 16.8 Å². The Bertz CT molecular complexity index is 562. The number of nitrogens with zero attached hydrogens (tertiary/aromatic N) is 2. The highest BCUT2D eigenvalue weighted by atomic mass is 35.5. The minimum Gasteiger partial charge on any atom is -0.339 e. The van der Waals surface area contributed by atoms with Gasteiger partial charge in [-0.2, -0.15) is 0 Å². The number of nitrogens with one attached hydrogen (secondary N) is 2. The number of likely N-dealkylation sites (N-methyl/N-ethyl adjacent to an activating group) is 1. The summed E-state index contributed by atoms with van der Waals surface area (Å²) in [5.74, 6) is -2.01. The van der Waals surface area contributed by atoms with Crippen LogP contribution in [0, 0.1) is 11.6 Å². The Kier molecular flexibility index (Phi) is 8.03. The first-order valence-corrected chi connectivity index (χ1v) is 7.37. The van der Waals surface area contributed by atoms with Gasteiger partial charge in [0.05, 0.1) is 13.1 Å². The molecule has 0 atom stereocenters. The number of piperazine rings is 1. The molecule has 134 valence electrons. The monoisotopic (exact) mass is 362 g/mol. The fourth-order valence-corrected chi connectivity index (χ4v) is 2.37. The maximum Gasteiger partial charge on any atom is 0.238 e. The Morgan fingerprint density at radius 1 is 1.17 bits per heavy atom. The van der Waals surface area contributed by atoms with Crippen molar-refractivity contribution < 1.29 is 18.4 Å². The van der Waals surface area contributed by atoms with Crippen molar-refractivity contribution in [2.45, 2.75) is 0 Å². The minimum atomic E-state index is -0.762. The number of anilines is 1. The summed E-state index contributed by atoms with van der Waals surface area (Å²) in [4.78, 5) is 27.2. The lowest BCUT2D eigenvalue weighted by Gasteiger charge is -2.29. The molecule has 1 fully saturated rings. The number of rotatable bonds is 5. The Labute approximate surface area is 145 Å². The minimum absolute atomic E-state index is 0. The summed E-state index contributed by atoms with van der Waals surface area (Å²) >= 11 is 0. The first-order valence-electron chi connectivity index (χ1n) is 7.37. The van der Waals surface area contributed by atoms with E-state index in [2.05, 4.69) is 10.6 Å². The molecule has 0 unspecified atom stereocenters. The molecule has 0 bridgehead atoms. The van der Waals surface area contributed by atoms with E-state index in [-0.39, 0.29) is 37.1 Å². The second-order valence-corrected chi connectivity index (χ2v) is 5.51. The predicted octanol–water partition coefficient (Wildman–Crippen LogP) is 0.689. The summed E-state index contributed by atoms with van der Waals surface area (Å²) in [5.41, 5.74) is 0.0503. The molecule has 1 aliphatic heterocycles. The lowest BCUT2D eigenvalue weighted by molar-refractivity contribution is -0.133. The molecular weight excluding hydrogens is 342 g/mol. The van der Waals surface area contributed by atoms with Gasteiger partial charge in [-0.1, -0.05) is 0 Å². The van der Waals surface area contributed by atoms with Crippen molar-refractivity contribution in [3.63, 3.8) is 0 Å². The number of halogens is 3. The number of benzene rings is 1. The van der Waals surface area contributed by atoms with E-state index in [9.17, 15) is 18.4 Å². The van der Waals surface area contributed by atoms with Crippen molar-refractivity contribution in [1.82, 2.24) is 15.1 Å². The van der Waals surface area contributed by atoms with E-state index in [0.717, 1.165) is 31.3 Å². The highest BCUT2D eigenvalue weighted by molar-refractivity contribution is 5.92. The van der Waals surface area contributed by atoms with Crippen LogP contribution < -0.4 is 10.6 Å². The van der Waals surface area contributed by atoms with Crippen molar-refractivity contribution >= 4 is 29.9 Å². The summed E-state index contributed by atoms with van der Waals surface area (Å²) in [6.45, 7) is 2.91. The van der Waals surface area contributed by atoms with Crippen molar-refractivity contribution in [3.05, 3.63) is 29.8 Å². The van der Waals surface area contributed by atoms with Gasteiger partial charge in [0.15, 0.2) is 0 Å². The average Bonchev–Trinajstić information content (AvgIpc) is 2.46. The van der Waals surface area contributed by atoms with E-state index in [1.807, 2.05) is 0 Å². The Hall–Kier alpha value is -1.77. The molecule has 0 aromatic heterocycles. The van der Waals surface area contributed by atoms with Crippen LogP contribution in [0.2, 0.25) is 0 Å². The fraction of sp³-hybridized carbons (Fsp3) is 0.467. The maximum atomic E-state index is 13.1. The molecular formula is C15H21ClF2N4O2. The summed E-state index contributed by atoms with van der Waals surface area (Å²) in [7, 11) is 1.64. The molecule has 0 saturated carbocycles. The van der Waals surface area contributed by atoms with Gasteiger partial charge in [-0.3, -0.25) is 14.5 Å². The Balaban J connectivity index is 0.00000288. The molecule has 9 heteroatoms. The molecule has 1 heterocycles. The SMILES string of the molecule is CN(CC(=O)Nc1cc(F)cc(F)c1)CC(=O)N1CCNCC1.Cl. The third-order valence-corrected chi connectivity index (χ3v) is 3.43. The number of hydrogen-bond acceptors (Lipinski definition) is 4. The fourth-order valence-electron chi connectivity index (χ4n) is 2.37. The van der Waals surface area contributed by atoms with Gasteiger partial charge in [0.1, 0.15) is 11.6 Å². The van der Waals surface area contributed by atoms with E-state index >= 15 is 0 Å². The van der Waals surface area contributed by atoms with Crippen LogP contribution in [0.3, 0.4) is 0 Å². The lowest BCUT2D eigenvalue weighted by atomic mass is 10.3. The topological polar surface area (TPSA) is 64.7 Å². The molecule has 0 aliphatic carbocycles. The molecule has 2 amide bonds. The van der Waals surface area contributed by atoms with Crippen LogP contribution >= 0.6 is 12.4 Å². The van der Waals surface area contributed by atoms with Crippen LogP contribution in [0.5, 0.6) is 0 Å². The highest BCUT2D eigenvalue weighted by Gasteiger charge is 2.18. The van der Waals surface area contributed by atoms with Gasteiger partial charge in [0.2, 0.25) is 11.8 Å². The van der Waals surface area contributed by atoms with E-state index in [1.165, 1.54) is 0 Å². The van der Waals surface area contributed by atoms with Gasteiger partial charge in [0.25, 0.3) is 0 Å². The molecule has 1 aliphatic rings. The number of amides is 2. The number of carbonyl (C=O) groups excluding carboxylic acids is 2. The third-order valence-electron chi connectivity index (χ3n) is 3.43. The summed E-state index contributed by atoms with van der Waals surface area (Å²) < 4.78 is 26.1. The second kappa shape index (κ2) is 9.51. The van der Waals surface area contributed by atoms with Crippen molar-refractivity contribution in [2.24, 2.45) is 0 Å². The van der Waals surface area contributed by atoms with Gasteiger partial charge in [-0.25, -0.2) is 8.78 Å². The standard InChI is InChI=1S/C15H20F2N4O2.ClH/c1-20(10-15(23)21-4-2-18-3-5-21)9-14(22)19-13-7-11(16)6-12(17)8-13;/h6-8,18H,2-5,9-10H2,1H3,(H,19,22);1H. The molecule has 2 rings (SSSR count). The molecule has 2 N–H and O–H groups in total. The summed E-state index contributed by atoms with van der Waals surface area (Å²) in [5, 5.41) is 5.57. The van der Waals surface area contributed by atoms with Crippen LogP contribution in [0.4, 0.5) is 14.5 Å². The third kappa shape index (κ3) is 6.38. The van der Waals surface area contributed by atoms with Gasteiger partial charge >= 0.3 is 0 Å². The molecule has 1 saturated heterocycles. The van der Waals surface area contributed by atoms with Gasteiger partial charge in [-0.15, -0.1) is 12.4 Å². The number of carbonyl (C=O) groups is 2. The van der Waals surface area contributed by atoms with Crippen LogP contribution in [-0.2, 0) is 9.59 Å². The van der Waals surface area contributed by atoms with Gasteiger partial charge in [-0.05, 0) is 19.2 Å². The largest absolute Gasteiger partial charge is 0.339 e. The molecule has 1 aromatic rings. The smallest absolute Gasteiger partial charge is 0.238 e. The van der Waals surface area contributed by atoms with E-state index in [0.29, 0.717) is 13.1 Å². The molecule has 6 nitrogen and oxygen atoms in total. The first-order chi connectivity index (χ1) is 10.9. The molecule has 0 spiro atoms. The molecule has 0 radical (unpaired) electrons. The van der Waals surface area contributed by atoms with Crippen LogP contribution in [-0.4, -0.2) is 67.9 Å². The average molecular weight is 363 g/mol. The van der Waals surface area contributed by atoms with Crippen LogP contribution in [0.15, 0.2) is 18.2 Å². The second-order valence-electron chi connectivity index (χ2n) is 5.51. The van der Waals surface area contributed by atoms with Crippen molar-refractivity contribution in [3.8, 4) is 0 Å².